The lowest BCUT2D eigenvalue weighted by Gasteiger charge is -2.21. The van der Waals surface area contributed by atoms with Crippen LogP contribution in [0.15, 0.2) is 108 Å². The largest absolute Gasteiger partial charge is 0.372 e. The first kappa shape index (κ1) is 24.3. The van der Waals surface area contributed by atoms with E-state index in [1.165, 1.54) is 27.7 Å². The van der Waals surface area contributed by atoms with E-state index >= 15 is 0 Å². The Morgan fingerprint density at radius 2 is 1.82 bits per heavy atom. The van der Waals surface area contributed by atoms with Gasteiger partial charge in [-0.05, 0) is 42.0 Å². The second kappa shape index (κ2) is 8.91. The molecule has 1 unspecified atom stereocenters. The van der Waals surface area contributed by atoms with Crippen LogP contribution in [0.4, 0.5) is 5.69 Å². The highest BCUT2D eigenvalue weighted by Gasteiger charge is 2.47. The van der Waals surface area contributed by atoms with Gasteiger partial charge in [-0.3, -0.25) is 9.78 Å². The number of aliphatic hydroxyl groups is 1. The van der Waals surface area contributed by atoms with Gasteiger partial charge in [0.1, 0.15) is 5.01 Å². The highest BCUT2D eigenvalue weighted by atomic mass is 32.2. The van der Waals surface area contributed by atoms with Gasteiger partial charge in [-0.1, -0.05) is 36.4 Å². The molecule has 4 aromatic heterocycles. The van der Waals surface area contributed by atoms with E-state index < -0.39 is 21.5 Å². The van der Waals surface area contributed by atoms with Crippen LogP contribution in [0.5, 0.6) is 0 Å². The molecule has 7 rings (SSSR count). The lowest BCUT2D eigenvalue weighted by Crippen LogP contribution is -2.35. The first-order valence-corrected chi connectivity index (χ1v) is 14.5. The van der Waals surface area contributed by atoms with E-state index in [0.717, 1.165) is 0 Å². The lowest BCUT2D eigenvalue weighted by atomic mass is 9.87. The third-order valence-electron chi connectivity index (χ3n) is 6.93. The van der Waals surface area contributed by atoms with E-state index in [-0.39, 0.29) is 4.90 Å². The average molecular weight is 566 g/mol. The first-order valence-electron chi connectivity index (χ1n) is 12.2. The molecule has 6 aromatic rings. The van der Waals surface area contributed by atoms with Crippen molar-refractivity contribution in [2.24, 2.45) is 0 Å². The van der Waals surface area contributed by atoms with Gasteiger partial charge in [-0.25, -0.2) is 22.4 Å². The topological polar surface area (TPSA) is 127 Å². The number of pyridine rings is 2. The molecule has 1 aliphatic rings. The van der Waals surface area contributed by atoms with Gasteiger partial charge in [-0.2, -0.15) is 0 Å². The number of hydrogen-bond donors (Lipinski definition) is 2. The number of hydrogen-bond acceptors (Lipinski definition) is 8. The minimum Gasteiger partial charge on any atom is -0.372 e. The number of anilines is 1. The van der Waals surface area contributed by atoms with Crippen LogP contribution >= 0.6 is 11.3 Å². The van der Waals surface area contributed by atoms with Crippen molar-refractivity contribution in [3.05, 3.63) is 114 Å². The van der Waals surface area contributed by atoms with E-state index in [1.807, 2.05) is 17.5 Å². The van der Waals surface area contributed by atoms with Crippen molar-refractivity contribution in [2.75, 3.05) is 5.32 Å². The molecule has 1 atom stereocenters. The van der Waals surface area contributed by atoms with Crippen LogP contribution < -0.4 is 5.32 Å². The normalized spacial score (nSPS) is 16.7. The third kappa shape index (κ3) is 3.59. The van der Waals surface area contributed by atoms with E-state index in [4.69, 9.17) is 4.98 Å². The van der Waals surface area contributed by atoms with Crippen LogP contribution in [0.2, 0.25) is 0 Å². The number of amides is 1. The monoisotopic (exact) mass is 565 g/mol. The molecule has 0 saturated heterocycles. The number of carbonyl (C=O) groups excluding carboxylic acids is 1. The van der Waals surface area contributed by atoms with Crippen molar-refractivity contribution in [1.29, 1.82) is 0 Å². The summed E-state index contributed by atoms with van der Waals surface area (Å²) >= 11 is 1.36. The molecule has 1 amide bonds. The standard InChI is InChI=1S/C29H19N5O4S2/c35-28-29(36,23-11-13-30-15-24(23)33-28)19-7-4-6-18(14-19)25-17-39-27(32-25)22-16-34(26-21(22)10-5-12-31-26)40(37,38)20-8-2-1-3-9-20/h1-17,36H,(H,33,35). The molecular formula is C29H19N5O4S2. The number of carbonyl (C=O) groups is 1. The number of nitrogens with one attached hydrogen (secondary N) is 1. The van der Waals surface area contributed by atoms with Crippen molar-refractivity contribution in [3.8, 4) is 21.8 Å². The summed E-state index contributed by atoms with van der Waals surface area (Å²) in [5.41, 5.74) is 1.69. The van der Waals surface area contributed by atoms with Crippen LogP contribution in [0.1, 0.15) is 11.1 Å². The Morgan fingerprint density at radius 3 is 2.67 bits per heavy atom. The maximum Gasteiger partial charge on any atom is 0.269 e. The van der Waals surface area contributed by atoms with E-state index in [9.17, 15) is 18.3 Å². The molecule has 0 fully saturated rings. The van der Waals surface area contributed by atoms with Crippen LogP contribution in [-0.4, -0.2) is 38.4 Å². The van der Waals surface area contributed by atoms with Crippen LogP contribution in [-0.2, 0) is 20.4 Å². The Morgan fingerprint density at radius 1 is 0.975 bits per heavy atom. The smallest absolute Gasteiger partial charge is 0.269 e. The quantitative estimate of drug-likeness (QED) is 0.312. The van der Waals surface area contributed by atoms with Crippen LogP contribution in [0.3, 0.4) is 0 Å². The molecule has 11 heteroatoms. The van der Waals surface area contributed by atoms with Gasteiger partial charge in [0.2, 0.25) is 0 Å². The second-order valence-electron chi connectivity index (χ2n) is 9.24. The van der Waals surface area contributed by atoms with Gasteiger partial charge in [0.25, 0.3) is 15.9 Å². The lowest BCUT2D eigenvalue weighted by molar-refractivity contribution is -0.129. The molecule has 0 aliphatic carbocycles. The van der Waals surface area contributed by atoms with Gasteiger partial charge in [0, 0.05) is 46.0 Å². The Hall–Kier alpha value is -4.71. The van der Waals surface area contributed by atoms with Gasteiger partial charge < -0.3 is 10.4 Å². The van der Waals surface area contributed by atoms with Gasteiger partial charge >= 0.3 is 0 Å². The van der Waals surface area contributed by atoms with Crippen molar-refractivity contribution in [2.45, 2.75) is 10.5 Å². The zero-order chi connectivity index (χ0) is 27.5. The zero-order valence-corrected chi connectivity index (χ0v) is 22.2. The van der Waals surface area contributed by atoms with Gasteiger partial charge in [0.15, 0.2) is 11.2 Å². The number of aromatic nitrogens is 4. The highest BCUT2D eigenvalue weighted by molar-refractivity contribution is 7.90. The summed E-state index contributed by atoms with van der Waals surface area (Å²) in [6.45, 7) is 0. The summed E-state index contributed by atoms with van der Waals surface area (Å²) in [6, 6.07) is 20.4. The van der Waals surface area contributed by atoms with Crippen molar-refractivity contribution < 1.29 is 18.3 Å². The summed E-state index contributed by atoms with van der Waals surface area (Å²) in [6.07, 6.45) is 6.14. The Bertz CT molecular complexity index is 2050. The fourth-order valence-electron chi connectivity index (χ4n) is 4.96. The summed E-state index contributed by atoms with van der Waals surface area (Å²) in [7, 11) is -3.89. The van der Waals surface area contributed by atoms with Crippen molar-refractivity contribution in [1.82, 2.24) is 18.9 Å². The molecule has 2 aromatic carbocycles. The predicted molar refractivity (Wildman–Crippen MR) is 151 cm³/mol. The third-order valence-corrected chi connectivity index (χ3v) is 9.47. The maximum atomic E-state index is 13.5. The zero-order valence-electron chi connectivity index (χ0n) is 20.6. The molecule has 5 heterocycles. The molecule has 0 radical (unpaired) electrons. The number of nitrogens with zero attached hydrogens (tertiary/aromatic N) is 4. The van der Waals surface area contributed by atoms with E-state index in [1.54, 1.807) is 73.1 Å². The van der Waals surface area contributed by atoms with Crippen molar-refractivity contribution >= 4 is 44.0 Å². The summed E-state index contributed by atoms with van der Waals surface area (Å²) < 4.78 is 28.1. The molecule has 0 bridgehead atoms. The second-order valence-corrected chi connectivity index (χ2v) is 11.9. The fraction of sp³-hybridized carbons (Fsp3) is 0.0345. The molecule has 0 saturated carbocycles. The van der Waals surface area contributed by atoms with Crippen LogP contribution in [0, 0.1) is 0 Å². The minimum atomic E-state index is -3.89. The molecule has 2 N–H and O–H groups in total. The SMILES string of the molecule is O=C1Nc2cnccc2C1(O)c1cccc(-c2csc(-c3cn(S(=O)(=O)c4ccccc4)c4ncccc34)n2)c1. The van der Waals surface area contributed by atoms with Gasteiger partial charge in [-0.15, -0.1) is 11.3 Å². The molecule has 9 nitrogen and oxygen atoms in total. The van der Waals surface area contributed by atoms with E-state index in [2.05, 4.69) is 15.3 Å². The summed E-state index contributed by atoms with van der Waals surface area (Å²) in [4.78, 5) is 26.2. The maximum absolute atomic E-state index is 13.5. The molecule has 196 valence electrons. The number of rotatable bonds is 5. The van der Waals surface area contributed by atoms with Crippen molar-refractivity contribution in [3.63, 3.8) is 0 Å². The first-order chi connectivity index (χ1) is 19.4. The Kier molecular flexibility index (Phi) is 5.42. The van der Waals surface area contributed by atoms with Gasteiger partial charge in [0.05, 0.1) is 22.5 Å². The fourth-order valence-corrected chi connectivity index (χ4v) is 7.15. The molecule has 40 heavy (non-hydrogen) atoms. The Balaban J connectivity index is 1.31. The molecule has 0 spiro atoms. The molecular weight excluding hydrogens is 546 g/mol. The highest BCUT2D eigenvalue weighted by Crippen LogP contribution is 2.42. The average Bonchev–Trinajstić information content (AvgIpc) is 3.69. The predicted octanol–water partition coefficient (Wildman–Crippen LogP) is 4.65. The number of fused-ring (bicyclic) bond motifs is 2. The number of benzene rings is 2. The Labute approximate surface area is 232 Å². The summed E-state index contributed by atoms with van der Waals surface area (Å²) in [5.74, 6) is -0.549. The number of thiazole rings is 1. The van der Waals surface area contributed by atoms with Crippen LogP contribution in [0.25, 0.3) is 32.9 Å². The minimum absolute atomic E-state index is 0.159. The summed E-state index contributed by atoms with van der Waals surface area (Å²) in [5, 5.41) is 17.3. The molecule has 1 aliphatic heterocycles. The van der Waals surface area contributed by atoms with E-state index in [0.29, 0.717) is 49.7 Å².